The third-order valence-corrected chi connectivity index (χ3v) is 7.69. The zero-order valence-corrected chi connectivity index (χ0v) is 19.0. The molecule has 4 nitrogen and oxygen atoms in total. The molecule has 4 saturated carbocycles. The van der Waals surface area contributed by atoms with E-state index < -0.39 is 92.2 Å². The predicted octanol–water partition coefficient (Wildman–Crippen LogP) is 5.33. The van der Waals surface area contributed by atoms with Gasteiger partial charge >= 0.3 is 0 Å². The van der Waals surface area contributed by atoms with E-state index in [9.17, 15) is 53.5 Å². The number of carbonyl (C=O) groups excluding carboxylic acids is 2. The molecule has 38 heavy (non-hydrogen) atoms. The molecule has 2 aromatic carbocycles. The normalized spacial score (nSPS) is 27.5. The summed E-state index contributed by atoms with van der Waals surface area (Å²) in [5, 5.41) is 4.68. The van der Waals surface area contributed by atoms with Gasteiger partial charge in [-0.15, -0.1) is 0 Å². The van der Waals surface area contributed by atoms with Crippen molar-refractivity contribution in [2.24, 2.45) is 11.8 Å². The summed E-state index contributed by atoms with van der Waals surface area (Å²) in [7, 11) is 0. The fraction of sp³-hybridized carbons (Fsp3) is 0.417. The van der Waals surface area contributed by atoms with Gasteiger partial charge in [-0.1, -0.05) is 0 Å². The van der Waals surface area contributed by atoms with E-state index >= 15 is 0 Å². The monoisotopic (exact) mass is 554 g/mol. The smallest absolute Gasteiger partial charge is 0.257 e. The maximum absolute atomic E-state index is 14.2. The quantitative estimate of drug-likeness (QED) is 0.305. The Morgan fingerprint density at radius 2 is 0.763 bits per heavy atom. The third kappa shape index (κ3) is 3.82. The van der Waals surface area contributed by atoms with Crippen LogP contribution in [-0.4, -0.2) is 22.9 Å². The van der Waals surface area contributed by atoms with Gasteiger partial charge in [-0.25, -0.2) is 43.9 Å². The zero-order valence-electron chi connectivity index (χ0n) is 19.0. The molecule has 0 heterocycles. The van der Waals surface area contributed by atoms with Crippen LogP contribution in [0.25, 0.3) is 0 Å². The Labute approximate surface area is 207 Å². The summed E-state index contributed by atoms with van der Waals surface area (Å²) in [5.41, 5.74) is -6.02. The first-order chi connectivity index (χ1) is 17.7. The van der Waals surface area contributed by atoms with E-state index in [-0.39, 0.29) is 43.9 Å². The van der Waals surface area contributed by atoms with Crippen LogP contribution >= 0.6 is 0 Å². The van der Waals surface area contributed by atoms with Crippen LogP contribution in [0.4, 0.5) is 43.9 Å². The standard InChI is InChI=1S/C24H16F10N2O2/c25-11-9(12(26)16(30)19(33)15(11)29)21(37)35-23-2-7-1-8(4-23)5-24(3-7,6-23)36-22(38)10-13(27)17(31)20(34)18(32)14(10)28/h7-8H,1-6H2,(H,35,37)(H,36,38). The van der Waals surface area contributed by atoms with Crippen LogP contribution in [0.15, 0.2) is 0 Å². The first-order valence-corrected chi connectivity index (χ1v) is 11.4. The van der Waals surface area contributed by atoms with Crippen molar-refractivity contribution in [3.05, 3.63) is 69.3 Å². The summed E-state index contributed by atoms with van der Waals surface area (Å²) in [5.74, 6) is -27.2. The molecule has 0 unspecified atom stereocenters. The van der Waals surface area contributed by atoms with Crippen molar-refractivity contribution in [3.8, 4) is 0 Å². The highest BCUT2D eigenvalue weighted by Crippen LogP contribution is 2.57. The molecule has 204 valence electrons. The first-order valence-electron chi connectivity index (χ1n) is 11.4. The zero-order chi connectivity index (χ0) is 27.9. The Balaban J connectivity index is 1.46. The second-order valence-electron chi connectivity index (χ2n) is 10.3. The number of benzene rings is 2. The van der Waals surface area contributed by atoms with Crippen LogP contribution in [0.1, 0.15) is 59.2 Å². The number of hydrogen-bond donors (Lipinski definition) is 2. The van der Waals surface area contributed by atoms with Gasteiger partial charge < -0.3 is 10.6 Å². The average molecular weight is 554 g/mol. The molecular weight excluding hydrogens is 538 g/mol. The average Bonchev–Trinajstić information content (AvgIpc) is 2.82. The maximum Gasteiger partial charge on any atom is 0.257 e. The molecule has 4 fully saturated rings. The summed E-state index contributed by atoms with van der Waals surface area (Å²) in [6.45, 7) is 0. The highest BCUT2D eigenvalue weighted by molar-refractivity contribution is 5.96. The van der Waals surface area contributed by atoms with Crippen molar-refractivity contribution in [1.29, 1.82) is 0 Å². The molecule has 4 bridgehead atoms. The van der Waals surface area contributed by atoms with Crippen LogP contribution < -0.4 is 10.6 Å². The molecular formula is C24H16F10N2O2. The van der Waals surface area contributed by atoms with Crippen LogP contribution in [-0.2, 0) is 0 Å². The minimum Gasteiger partial charge on any atom is -0.346 e. The van der Waals surface area contributed by atoms with Crippen molar-refractivity contribution < 1.29 is 53.5 Å². The van der Waals surface area contributed by atoms with E-state index in [0.717, 1.165) is 0 Å². The number of nitrogens with one attached hydrogen (secondary N) is 2. The van der Waals surface area contributed by atoms with Gasteiger partial charge in [0.15, 0.2) is 46.5 Å². The first kappa shape index (κ1) is 26.3. The molecule has 0 spiro atoms. The number of carbonyl (C=O) groups is 2. The van der Waals surface area contributed by atoms with Crippen molar-refractivity contribution in [2.45, 2.75) is 49.6 Å². The number of hydrogen-bond acceptors (Lipinski definition) is 2. The van der Waals surface area contributed by atoms with Crippen molar-refractivity contribution in [1.82, 2.24) is 10.6 Å². The van der Waals surface area contributed by atoms with E-state index in [4.69, 9.17) is 0 Å². The Bertz CT molecular complexity index is 1240. The Hall–Kier alpha value is -3.32. The van der Waals surface area contributed by atoms with Gasteiger partial charge in [-0.2, -0.15) is 0 Å². The number of amides is 2. The third-order valence-electron chi connectivity index (χ3n) is 7.69. The predicted molar refractivity (Wildman–Crippen MR) is 108 cm³/mol. The Morgan fingerprint density at radius 1 is 0.500 bits per heavy atom. The molecule has 14 heteroatoms. The highest BCUT2D eigenvalue weighted by Gasteiger charge is 2.59. The lowest BCUT2D eigenvalue weighted by Gasteiger charge is -2.62. The lowest BCUT2D eigenvalue weighted by molar-refractivity contribution is -0.0449. The van der Waals surface area contributed by atoms with Crippen molar-refractivity contribution >= 4 is 11.8 Å². The topological polar surface area (TPSA) is 58.2 Å². The molecule has 0 atom stereocenters. The van der Waals surface area contributed by atoms with Crippen LogP contribution in [0, 0.1) is 70.0 Å². The lowest BCUT2D eigenvalue weighted by atomic mass is 9.49. The maximum atomic E-state index is 14.2. The van der Waals surface area contributed by atoms with E-state index in [1.54, 1.807) is 0 Å². The molecule has 6 rings (SSSR count). The molecule has 0 aliphatic heterocycles. The molecule has 0 saturated heterocycles. The summed E-state index contributed by atoms with van der Waals surface area (Å²) in [6.07, 6.45) is 1.20. The largest absolute Gasteiger partial charge is 0.346 e. The molecule has 2 N–H and O–H groups in total. The lowest BCUT2D eigenvalue weighted by Crippen LogP contribution is -2.70. The van der Waals surface area contributed by atoms with Crippen LogP contribution in [0.5, 0.6) is 0 Å². The second kappa shape index (κ2) is 8.60. The minimum atomic E-state index is -2.44. The van der Waals surface area contributed by atoms with Gasteiger partial charge in [0.05, 0.1) is 0 Å². The van der Waals surface area contributed by atoms with Gasteiger partial charge in [0.1, 0.15) is 11.1 Å². The minimum absolute atomic E-state index is 0.185. The van der Waals surface area contributed by atoms with Gasteiger partial charge in [0.25, 0.3) is 11.8 Å². The molecule has 0 aromatic heterocycles. The highest BCUT2D eigenvalue weighted by atomic mass is 19.2. The molecule has 0 radical (unpaired) electrons. The number of halogens is 10. The summed E-state index contributed by atoms with van der Waals surface area (Å²) in [6, 6.07) is 0. The van der Waals surface area contributed by atoms with Crippen molar-refractivity contribution in [3.63, 3.8) is 0 Å². The van der Waals surface area contributed by atoms with Crippen LogP contribution in [0.3, 0.4) is 0 Å². The van der Waals surface area contributed by atoms with E-state index in [1.165, 1.54) is 0 Å². The molecule has 2 aromatic rings. The molecule has 4 aliphatic rings. The number of rotatable bonds is 4. The van der Waals surface area contributed by atoms with E-state index in [2.05, 4.69) is 10.6 Å². The Morgan fingerprint density at radius 3 is 1.05 bits per heavy atom. The molecule has 2 amide bonds. The fourth-order valence-corrected chi connectivity index (χ4v) is 6.77. The van der Waals surface area contributed by atoms with Crippen LogP contribution in [0.2, 0.25) is 0 Å². The Kier molecular flexibility index (Phi) is 5.95. The van der Waals surface area contributed by atoms with E-state index in [0.29, 0.717) is 6.42 Å². The summed E-state index contributed by atoms with van der Waals surface area (Å²) < 4.78 is 138. The summed E-state index contributed by atoms with van der Waals surface area (Å²) in [4.78, 5) is 25.6. The van der Waals surface area contributed by atoms with Gasteiger partial charge in [0, 0.05) is 11.1 Å². The van der Waals surface area contributed by atoms with Crippen molar-refractivity contribution in [2.75, 3.05) is 0 Å². The molecule has 4 aliphatic carbocycles. The van der Waals surface area contributed by atoms with E-state index in [1.807, 2.05) is 0 Å². The van der Waals surface area contributed by atoms with Gasteiger partial charge in [-0.3, -0.25) is 9.59 Å². The van der Waals surface area contributed by atoms with Gasteiger partial charge in [0.2, 0.25) is 11.6 Å². The summed E-state index contributed by atoms with van der Waals surface area (Å²) >= 11 is 0. The second-order valence-corrected chi connectivity index (χ2v) is 10.3. The SMILES string of the molecule is O=C(NC12CC3CC(C1)CC(NC(=O)c1c(F)c(F)c(F)c(F)c1F)(C3)C2)c1c(F)c(F)c(F)c(F)c1F. The van der Waals surface area contributed by atoms with Gasteiger partial charge in [-0.05, 0) is 50.4 Å². The fourth-order valence-electron chi connectivity index (χ4n) is 6.77.